The first-order valence-electron chi connectivity index (χ1n) is 4.83. The van der Waals surface area contributed by atoms with E-state index in [1.165, 1.54) is 13.1 Å². The Morgan fingerprint density at radius 1 is 0.909 bits per heavy atom. The standard InChI is InChI=1S/C10H21N/c1-7(2)9-5-11-6-10(9)8(3)4/h7-11H,5-6H2,1-4H3/t9-,10+. The third-order valence-corrected chi connectivity index (χ3v) is 3.02. The van der Waals surface area contributed by atoms with Gasteiger partial charge in [-0.25, -0.2) is 0 Å². The third kappa shape index (κ3) is 1.96. The second-order valence-corrected chi connectivity index (χ2v) is 4.47. The molecule has 0 aromatic rings. The van der Waals surface area contributed by atoms with E-state index in [0.717, 1.165) is 23.7 Å². The number of nitrogens with one attached hydrogen (secondary N) is 1. The molecule has 0 amide bonds. The van der Waals surface area contributed by atoms with Gasteiger partial charge >= 0.3 is 0 Å². The van der Waals surface area contributed by atoms with Crippen molar-refractivity contribution in [3.63, 3.8) is 0 Å². The van der Waals surface area contributed by atoms with Gasteiger partial charge in [0, 0.05) is 0 Å². The molecule has 0 bridgehead atoms. The SMILES string of the molecule is CC(C)[C@H]1CNC[C@H]1C(C)C. The number of hydrogen-bond acceptors (Lipinski definition) is 1. The maximum atomic E-state index is 3.49. The summed E-state index contributed by atoms with van der Waals surface area (Å²) in [6, 6.07) is 0. The predicted octanol–water partition coefficient (Wildman–Crippen LogP) is 2.13. The summed E-state index contributed by atoms with van der Waals surface area (Å²) in [4.78, 5) is 0. The van der Waals surface area contributed by atoms with Crippen molar-refractivity contribution in [2.45, 2.75) is 27.7 Å². The summed E-state index contributed by atoms with van der Waals surface area (Å²) in [5, 5.41) is 3.49. The van der Waals surface area contributed by atoms with E-state index >= 15 is 0 Å². The van der Waals surface area contributed by atoms with E-state index in [-0.39, 0.29) is 0 Å². The molecule has 1 saturated heterocycles. The van der Waals surface area contributed by atoms with Gasteiger partial charge in [-0.05, 0) is 36.8 Å². The van der Waals surface area contributed by atoms with Crippen molar-refractivity contribution in [2.75, 3.05) is 13.1 Å². The van der Waals surface area contributed by atoms with Crippen LogP contribution in [0.4, 0.5) is 0 Å². The van der Waals surface area contributed by atoms with Gasteiger partial charge in [-0.2, -0.15) is 0 Å². The minimum Gasteiger partial charge on any atom is -0.316 e. The van der Waals surface area contributed by atoms with Crippen molar-refractivity contribution in [3.05, 3.63) is 0 Å². The van der Waals surface area contributed by atoms with Gasteiger partial charge < -0.3 is 5.32 Å². The van der Waals surface area contributed by atoms with Crippen LogP contribution in [0.3, 0.4) is 0 Å². The molecule has 1 heterocycles. The Bertz CT molecular complexity index is 104. The molecule has 0 unspecified atom stereocenters. The van der Waals surface area contributed by atoms with Gasteiger partial charge in [0.25, 0.3) is 0 Å². The lowest BCUT2D eigenvalue weighted by molar-refractivity contribution is 0.257. The first kappa shape index (κ1) is 9.05. The summed E-state index contributed by atoms with van der Waals surface area (Å²) < 4.78 is 0. The molecule has 0 aromatic carbocycles. The predicted molar refractivity (Wildman–Crippen MR) is 49.5 cm³/mol. The highest BCUT2D eigenvalue weighted by atomic mass is 14.9. The first-order valence-corrected chi connectivity index (χ1v) is 4.83. The van der Waals surface area contributed by atoms with Gasteiger partial charge in [-0.3, -0.25) is 0 Å². The van der Waals surface area contributed by atoms with Crippen LogP contribution < -0.4 is 5.32 Å². The monoisotopic (exact) mass is 155 g/mol. The fraction of sp³-hybridized carbons (Fsp3) is 1.00. The summed E-state index contributed by atoms with van der Waals surface area (Å²) in [7, 11) is 0. The smallest absolute Gasteiger partial charge is 0.00147 e. The summed E-state index contributed by atoms with van der Waals surface area (Å²) >= 11 is 0. The Morgan fingerprint density at radius 3 is 1.55 bits per heavy atom. The Labute approximate surface area is 70.6 Å². The zero-order valence-electron chi connectivity index (χ0n) is 8.22. The minimum absolute atomic E-state index is 0.845. The third-order valence-electron chi connectivity index (χ3n) is 3.02. The summed E-state index contributed by atoms with van der Waals surface area (Å²) in [5.41, 5.74) is 0. The summed E-state index contributed by atoms with van der Waals surface area (Å²) in [6.07, 6.45) is 0. The average Bonchev–Trinajstić information content (AvgIpc) is 2.32. The van der Waals surface area contributed by atoms with Crippen molar-refractivity contribution >= 4 is 0 Å². The van der Waals surface area contributed by atoms with E-state index in [1.807, 2.05) is 0 Å². The molecule has 1 N–H and O–H groups in total. The van der Waals surface area contributed by atoms with Crippen LogP contribution in [0.15, 0.2) is 0 Å². The molecular formula is C10H21N. The quantitative estimate of drug-likeness (QED) is 0.644. The topological polar surface area (TPSA) is 12.0 Å². The highest BCUT2D eigenvalue weighted by Crippen LogP contribution is 2.29. The molecule has 0 radical (unpaired) electrons. The lowest BCUT2D eigenvalue weighted by Gasteiger charge is -2.24. The van der Waals surface area contributed by atoms with Gasteiger partial charge in [-0.15, -0.1) is 0 Å². The van der Waals surface area contributed by atoms with E-state index in [1.54, 1.807) is 0 Å². The van der Waals surface area contributed by atoms with Gasteiger partial charge in [-0.1, -0.05) is 27.7 Å². The van der Waals surface area contributed by atoms with Crippen LogP contribution in [-0.4, -0.2) is 13.1 Å². The molecule has 0 saturated carbocycles. The Morgan fingerprint density at radius 2 is 1.27 bits per heavy atom. The normalized spacial score (nSPS) is 32.2. The summed E-state index contributed by atoms with van der Waals surface area (Å²) in [5.74, 6) is 3.51. The van der Waals surface area contributed by atoms with Crippen LogP contribution >= 0.6 is 0 Å². The summed E-state index contributed by atoms with van der Waals surface area (Å²) in [6.45, 7) is 11.8. The number of hydrogen-bond donors (Lipinski definition) is 1. The van der Waals surface area contributed by atoms with Crippen molar-refractivity contribution in [2.24, 2.45) is 23.7 Å². The zero-order chi connectivity index (χ0) is 8.43. The minimum atomic E-state index is 0.845. The fourth-order valence-corrected chi connectivity index (χ4v) is 2.18. The first-order chi connectivity index (χ1) is 5.13. The molecule has 0 aliphatic carbocycles. The Balaban J connectivity index is 2.51. The van der Waals surface area contributed by atoms with Gasteiger partial charge in [0.2, 0.25) is 0 Å². The molecule has 0 spiro atoms. The van der Waals surface area contributed by atoms with E-state index < -0.39 is 0 Å². The van der Waals surface area contributed by atoms with E-state index in [0.29, 0.717) is 0 Å². The highest BCUT2D eigenvalue weighted by molar-refractivity contribution is 4.84. The second-order valence-electron chi connectivity index (χ2n) is 4.47. The Kier molecular flexibility index (Phi) is 2.94. The van der Waals surface area contributed by atoms with Crippen LogP contribution in [-0.2, 0) is 0 Å². The maximum absolute atomic E-state index is 3.49. The Hall–Kier alpha value is -0.0400. The largest absolute Gasteiger partial charge is 0.316 e. The molecule has 1 heteroatoms. The average molecular weight is 155 g/mol. The van der Waals surface area contributed by atoms with Crippen LogP contribution in [0, 0.1) is 23.7 Å². The molecule has 1 aliphatic heterocycles. The molecule has 0 aromatic heterocycles. The molecule has 1 nitrogen and oxygen atoms in total. The second kappa shape index (κ2) is 3.57. The molecule has 2 atom stereocenters. The van der Waals surface area contributed by atoms with Crippen LogP contribution in [0.5, 0.6) is 0 Å². The van der Waals surface area contributed by atoms with Crippen LogP contribution in [0.1, 0.15) is 27.7 Å². The molecular weight excluding hydrogens is 134 g/mol. The molecule has 11 heavy (non-hydrogen) atoms. The molecule has 1 fully saturated rings. The molecule has 1 aliphatic rings. The maximum Gasteiger partial charge on any atom is -0.00147 e. The van der Waals surface area contributed by atoms with Crippen molar-refractivity contribution < 1.29 is 0 Å². The fourth-order valence-electron chi connectivity index (χ4n) is 2.18. The van der Waals surface area contributed by atoms with Crippen LogP contribution in [0.2, 0.25) is 0 Å². The van der Waals surface area contributed by atoms with Crippen molar-refractivity contribution in [3.8, 4) is 0 Å². The van der Waals surface area contributed by atoms with Crippen molar-refractivity contribution in [1.82, 2.24) is 5.32 Å². The zero-order valence-corrected chi connectivity index (χ0v) is 8.22. The van der Waals surface area contributed by atoms with Crippen molar-refractivity contribution in [1.29, 1.82) is 0 Å². The number of rotatable bonds is 2. The van der Waals surface area contributed by atoms with Crippen LogP contribution in [0.25, 0.3) is 0 Å². The van der Waals surface area contributed by atoms with Gasteiger partial charge in [0.05, 0.1) is 0 Å². The highest BCUT2D eigenvalue weighted by Gasteiger charge is 2.30. The van der Waals surface area contributed by atoms with E-state index in [9.17, 15) is 0 Å². The van der Waals surface area contributed by atoms with Gasteiger partial charge in [0.15, 0.2) is 0 Å². The van der Waals surface area contributed by atoms with E-state index in [2.05, 4.69) is 33.0 Å². The lowest BCUT2D eigenvalue weighted by Crippen LogP contribution is -2.22. The lowest BCUT2D eigenvalue weighted by atomic mass is 9.80. The van der Waals surface area contributed by atoms with Gasteiger partial charge in [0.1, 0.15) is 0 Å². The molecule has 66 valence electrons. The van der Waals surface area contributed by atoms with E-state index in [4.69, 9.17) is 0 Å². The molecule has 1 rings (SSSR count).